The van der Waals surface area contributed by atoms with Crippen molar-refractivity contribution in [3.8, 4) is 11.3 Å². The van der Waals surface area contributed by atoms with Crippen LogP contribution in [0.25, 0.3) is 11.3 Å². The average Bonchev–Trinajstić information content (AvgIpc) is 3.27. The van der Waals surface area contributed by atoms with Gasteiger partial charge in [-0.25, -0.2) is 0 Å². The summed E-state index contributed by atoms with van der Waals surface area (Å²) >= 11 is 5.94. The molecule has 0 spiro atoms. The molecule has 3 aromatic rings. The maximum absolute atomic E-state index is 12.9. The van der Waals surface area contributed by atoms with E-state index in [9.17, 15) is 9.59 Å². The number of halogens is 1. The Morgan fingerprint density at radius 3 is 2.56 bits per heavy atom. The average molecular weight is 478 g/mol. The fraction of sp³-hybridized carbons (Fsp3) is 0.280. The molecule has 0 aliphatic carbocycles. The van der Waals surface area contributed by atoms with Gasteiger partial charge in [-0.15, -0.1) is 10.2 Å². The minimum atomic E-state index is -0.431. The lowest BCUT2D eigenvalue weighted by Gasteiger charge is -2.27. The number of aromatic nitrogens is 2. The quantitative estimate of drug-likeness (QED) is 0.604. The summed E-state index contributed by atoms with van der Waals surface area (Å²) in [5.41, 5.74) is 2.96. The molecule has 1 N–H and O–H groups in total. The van der Waals surface area contributed by atoms with Gasteiger partial charge in [-0.2, -0.15) is 0 Å². The van der Waals surface area contributed by atoms with Crippen LogP contribution in [0.4, 0.5) is 17.2 Å². The molecule has 2 fully saturated rings. The Balaban J connectivity index is 1.24. The first-order valence-electron chi connectivity index (χ1n) is 11.2. The van der Waals surface area contributed by atoms with Crippen molar-refractivity contribution in [2.45, 2.75) is 6.42 Å². The van der Waals surface area contributed by atoms with Crippen LogP contribution in [0.3, 0.4) is 0 Å². The molecule has 0 saturated carbocycles. The first-order valence-corrected chi connectivity index (χ1v) is 11.6. The van der Waals surface area contributed by atoms with Crippen molar-refractivity contribution in [1.29, 1.82) is 0 Å². The molecule has 1 aromatic heterocycles. The highest BCUT2D eigenvalue weighted by Crippen LogP contribution is 2.28. The molecule has 34 heavy (non-hydrogen) atoms. The highest BCUT2D eigenvalue weighted by atomic mass is 35.5. The molecule has 9 heteroatoms. The third kappa shape index (κ3) is 4.88. The van der Waals surface area contributed by atoms with Crippen LogP contribution in [-0.4, -0.2) is 54.9 Å². The number of rotatable bonds is 5. The lowest BCUT2D eigenvalue weighted by molar-refractivity contribution is -0.122. The molecule has 1 unspecified atom stereocenters. The Morgan fingerprint density at radius 2 is 1.82 bits per heavy atom. The number of benzene rings is 2. The number of hydrogen-bond acceptors (Lipinski definition) is 6. The molecule has 8 nitrogen and oxygen atoms in total. The summed E-state index contributed by atoms with van der Waals surface area (Å²) in [6, 6.07) is 18.4. The van der Waals surface area contributed by atoms with Crippen LogP contribution >= 0.6 is 11.6 Å². The molecular weight excluding hydrogens is 454 g/mol. The molecule has 3 heterocycles. The van der Waals surface area contributed by atoms with Crippen LogP contribution in [0.1, 0.15) is 6.42 Å². The summed E-state index contributed by atoms with van der Waals surface area (Å²) < 4.78 is 5.38. The molecule has 174 valence electrons. The highest BCUT2D eigenvalue weighted by molar-refractivity contribution is 6.30. The standard InChI is InChI=1S/C25H24ClN5O3/c26-19-4-6-21(7-5-19)31-16-18(15-24(31)32)25(33)27-20-3-1-2-17(14-20)22-8-9-23(29-28-22)30-10-12-34-13-11-30/h1-9,14,18H,10-13,15-16H2,(H,27,33). The molecule has 2 aliphatic rings. The van der Waals surface area contributed by atoms with Gasteiger partial charge < -0.3 is 19.9 Å². The summed E-state index contributed by atoms with van der Waals surface area (Å²) in [4.78, 5) is 29.2. The predicted molar refractivity (Wildman–Crippen MR) is 131 cm³/mol. The fourth-order valence-corrected chi connectivity index (χ4v) is 4.32. The summed E-state index contributed by atoms with van der Waals surface area (Å²) in [7, 11) is 0. The van der Waals surface area contributed by atoms with Gasteiger partial charge in [0, 0.05) is 48.0 Å². The van der Waals surface area contributed by atoms with Gasteiger partial charge in [-0.1, -0.05) is 23.7 Å². The van der Waals surface area contributed by atoms with Gasteiger partial charge in [-0.05, 0) is 48.5 Å². The van der Waals surface area contributed by atoms with Gasteiger partial charge in [0.1, 0.15) is 0 Å². The van der Waals surface area contributed by atoms with E-state index in [1.807, 2.05) is 36.4 Å². The molecule has 2 aromatic carbocycles. The van der Waals surface area contributed by atoms with Gasteiger partial charge >= 0.3 is 0 Å². The van der Waals surface area contributed by atoms with E-state index in [1.165, 1.54) is 0 Å². The zero-order valence-electron chi connectivity index (χ0n) is 18.5. The number of morpholine rings is 1. The second-order valence-electron chi connectivity index (χ2n) is 8.33. The number of nitrogens with zero attached hydrogens (tertiary/aromatic N) is 4. The number of ether oxygens (including phenoxy) is 1. The van der Waals surface area contributed by atoms with Crippen LogP contribution in [0.5, 0.6) is 0 Å². The third-order valence-electron chi connectivity index (χ3n) is 6.05. The number of amides is 2. The van der Waals surface area contributed by atoms with E-state index in [-0.39, 0.29) is 18.2 Å². The van der Waals surface area contributed by atoms with Crippen LogP contribution in [0, 0.1) is 5.92 Å². The molecule has 1 atom stereocenters. The van der Waals surface area contributed by atoms with Crippen molar-refractivity contribution < 1.29 is 14.3 Å². The van der Waals surface area contributed by atoms with Crippen LogP contribution < -0.4 is 15.1 Å². The Labute approximate surface area is 202 Å². The second kappa shape index (κ2) is 9.79. The van der Waals surface area contributed by atoms with E-state index in [4.69, 9.17) is 16.3 Å². The molecule has 0 radical (unpaired) electrons. The number of anilines is 3. The Morgan fingerprint density at radius 1 is 1.03 bits per heavy atom. The zero-order chi connectivity index (χ0) is 23.5. The smallest absolute Gasteiger partial charge is 0.229 e. The number of carbonyl (C=O) groups is 2. The van der Waals surface area contributed by atoms with Crippen molar-refractivity contribution in [3.63, 3.8) is 0 Å². The van der Waals surface area contributed by atoms with E-state index in [2.05, 4.69) is 20.4 Å². The zero-order valence-corrected chi connectivity index (χ0v) is 19.2. The van der Waals surface area contributed by atoms with Crippen LogP contribution in [0.2, 0.25) is 5.02 Å². The van der Waals surface area contributed by atoms with Gasteiger partial charge in [-0.3, -0.25) is 9.59 Å². The number of nitrogens with one attached hydrogen (secondary N) is 1. The van der Waals surface area contributed by atoms with E-state index in [1.54, 1.807) is 29.2 Å². The van der Waals surface area contributed by atoms with E-state index in [0.29, 0.717) is 30.5 Å². The van der Waals surface area contributed by atoms with Crippen molar-refractivity contribution in [1.82, 2.24) is 10.2 Å². The van der Waals surface area contributed by atoms with Gasteiger partial charge in [0.15, 0.2) is 5.82 Å². The monoisotopic (exact) mass is 477 g/mol. The fourth-order valence-electron chi connectivity index (χ4n) is 4.19. The number of hydrogen-bond donors (Lipinski definition) is 1. The second-order valence-corrected chi connectivity index (χ2v) is 8.76. The lowest BCUT2D eigenvalue weighted by Crippen LogP contribution is -2.36. The van der Waals surface area contributed by atoms with Crippen molar-refractivity contribution in [2.24, 2.45) is 5.92 Å². The Hall–Kier alpha value is -3.49. The van der Waals surface area contributed by atoms with E-state index < -0.39 is 5.92 Å². The maximum atomic E-state index is 12.9. The molecule has 2 amide bonds. The lowest BCUT2D eigenvalue weighted by atomic mass is 10.1. The van der Waals surface area contributed by atoms with Gasteiger partial charge in [0.2, 0.25) is 11.8 Å². The molecular formula is C25H24ClN5O3. The number of carbonyl (C=O) groups excluding carboxylic acids is 2. The Bertz CT molecular complexity index is 1180. The van der Waals surface area contributed by atoms with Crippen molar-refractivity contribution >= 4 is 40.6 Å². The Kier molecular flexibility index (Phi) is 6.42. The summed E-state index contributed by atoms with van der Waals surface area (Å²) in [5, 5.41) is 12.3. The van der Waals surface area contributed by atoms with Crippen molar-refractivity contribution in [3.05, 3.63) is 65.7 Å². The topological polar surface area (TPSA) is 87.7 Å². The molecule has 5 rings (SSSR count). The normalized spacial score (nSPS) is 18.3. The highest BCUT2D eigenvalue weighted by Gasteiger charge is 2.35. The summed E-state index contributed by atoms with van der Waals surface area (Å²) in [6.45, 7) is 3.31. The van der Waals surface area contributed by atoms with Gasteiger partial charge in [0.25, 0.3) is 0 Å². The molecule has 0 bridgehead atoms. The SMILES string of the molecule is O=C(Nc1cccc(-c2ccc(N3CCOCC3)nn2)c1)C1CC(=O)N(c2ccc(Cl)cc2)C1. The minimum Gasteiger partial charge on any atom is -0.378 e. The van der Waals surface area contributed by atoms with Gasteiger partial charge in [0.05, 0.1) is 24.8 Å². The molecule has 2 saturated heterocycles. The van der Waals surface area contributed by atoms with E-state index in [0.717, 1.165) is 35.9 Å². The van der Waals surface area contributed by atoms with Crippen molar-refractivity contribution in [2.75, 3.05) is 48.0 Å². The maximum Gasteiger partial charge on any atom is 0.229 e. The minimum absolute atomic E-state index is 0.0770. The van der Waals surface area contributed by atoms with Crippen LogP contribution in [-0.2, 0) is 14.3 Å². The first kappa shape index (κ1) is 22.3. The largest absolute Gasteiger partial charge is 0.378 e. The summed E-state index contributed by atoms with van der Waals surface area (Å²) in [5.74, 6) is 0.134. The molecule has 2 aliphatic heterocycles. The van der Waals surface area contributed by atoms with E-state index >= 15 is 0 Å². The third-order valence-corrected chi connectivity index (χ3v) is 6.30. The predicted octanol–water partition coefficient (Wildman–Crippen LogP) is 3.63. The first-order chi connectivity index (χ1) is 16.6. The van der Waals surface area contributed by atoms with Crippen LogP contribution in [0.15, 0.2) is 60.7 Å². The summed E-state index contributed by atoms with van der Waals surface area (Å²) in [6.07, 6.45) is 0.169.